The van der Waals surface area contributed by atoms with E-state index in [0.717, 1.165) is 17.9 Å². The minimum atomic E-state index is -0.911. The number of benzene rings is 1. The van der Waals surface area contributed by atoms with Crippen molar-refractivity contribution in [2.24, 2.45) is 5.92 Å². The summed E-state index contributed by atoms with van der Waals surface area (Å²) in [5, 5.41) is 9.03. The number of carboxylic acid groups (broad SMARTS) is 1. The molecule has 0 aliphatic carbocycles. The maximum atomic E-state index is 11.9. The predicted octanol–water partition coefficient (Wildman–Crippen LogP) is 1.06. The highest BCUT2D eigenvalue weighted by molar-refractivity contribution is 5.86. The molecule has 1 unspecified atom stereocenters. The molecule has 0 radical (unpaired) electrons. The number of ether oxygens (including phenoxy) is 1. The Kier molecular flexibility index (Phi) is 5.38. The summed E-state index contributed by atoms with van der Waals surface area (Å²) < 4.78 is 5.77. The lowest BCUT2D eigenvalue weighted by Gasteiger charge is -2.19. The summed E-state index contributed by atoms with van der Waals surface area (Å²) in [6.45, 7) is 2.02. The molecule has 120 valence electrons. The number of rotatable bonds is 7. The van der Waals surface area contributed by atoms with Gasteiger partial charge in [0.25, 0.3) is 0 Å². The fourth-order valence-corrected chi connectivity index (χ4v) is 2.41. The van der Waals surface area contributed by atoms with Crippen LogP contribution in [0.25, 0.3) is 0 Å². The van der Waals surface area contributed by atoms with Gasteiger partial charge in [-0.05, 0) is 20.2 Å². The van der Waals surface area contributed by atoms with Crippen molar-refractivity contribution < 1.29 is 19.4 Å². The Balaban J connectivity index is 2.00. The van der Waals surface area contributed by atoms with Crippen molar-refractivity contribution >= 4 is 11.9 Å². The molecule has 1 aliphatic heterocycles. The van der Waals surface area contributed by atoms with Crippen molar-refractivity contribution in [3.63, 3.8) is 0 Å². The van der Waals surface area contributed by atoms with Crippen LogP contribution in [-0.2, 0) is 16.1 Å². The molecule has 0 bridgehead atoms. The van der Waals surface area contributed by atoms with E-state index in [9.17, 15) is 9.59 Å². The Labute approximate surface area is 130 Å². The molecule has 2 rings (SSSR count). The lowest BCUT2D eigenvalue weighted by atomic mass is 10.1. The largest absolute Gasteiger partial charge is 0.492 e. The highest BCUT2D eigenvalue weighted by Gasteiger charge is 2.34. The van der Waals surface area contributed by atoms with Gasteiger partial charge in [-0.25, -0.2) is 0 Å². The molecule has 1 atom stereocenters. The number of carbonyl (C=O) groups is 2. The Morgan fingerprint density at radius 1 is 1.41 bits per heavy atom. The standard InChI is InChI=1S/C16H22N2O4/c1-17(2)7-8-22-14-6-4-3-5-12(14)10-18-11-13(16(20)21)9-15(18)19/h3-6,13H,7-11H2,1-2H3,(H,20,21). The summed E-state index contributed by atoms with van der Waals surface area (Å²) in [7, 11) is 3.95. The maximum Gasteiger partial charge on any atom is 0.308 e. The Morgan fingerprint density at radius 2 is 2.14 bits per heavy atom. The molecule has 6 heteroatoms. The van der Waals surface area contributed by atoms with Crippen molar-refractivity contribution in [2.75, 3.05) is 33.8 Å². The zero-order chi connectivity index (χ0) is 16.1. The molecule has 1 aliphatic rings. The minimum absolute atomic E-state index is 0.0823. The van der Waals surface area contributed by atoms with Crippen LogP contribution >= 0.6 is 0 Å². The molecule has 6 nitrogen and oxygen atoms in total. The van der Waals surface area contributed by atoms with Gasteiger partial charge >= 0.3 is 5.97 Å². The highest BCUT2D eigenvalue weighted by Crippen LogP contribution is 2.25. The maximum absolute atomic E-state index is 11.9. The van der Waals surface area contributed by atoms with E-state index in [-0.39, 0.29) is 18.9 Å². The van der Waals surface area contributed by atoms with Gasteiger partial charge in [0.2, 0.25) is 5.91 Å². The van der Waals surface area contributed by atoms with Gasteiger partial charge in [-0.3, -0.25) is 9.59 Å². The van der Waals surface area contributed by atoms with E-state index in [1.807, 2.05) is 43.3 Å². The van der Waals surface area contributed by atoms with Crippen LogP contribution in [0.5, 0.6) is 5.75 Å². The van der Waals surface area contributed by atoms with Crippen molar-refractivity contribution in [2.45, 2.75) is 13.0 Å². The molecule has 0 saturated carbocycles. The van der Waals surface area contributed by atoms with Crippen LogP contribution in [0.2, 0.25) is 0 Å². The van der Waals surface area contributed by atoms with Crippen LogP contribution < -0.4 is 4.74 Å². The monoisotopic (exact) mass is 306 g/mol. The first-order valence-corrected chi connectivity index (χ1v) is 7.33. The van der Waals surface area contributed by atoms with E-state index in [2.05, 4.69) is 0 Å². The van der Waals surface area contributed by atoms with Gasteiger partial charge in [0.1, 0.15) is 12.4 Å². The molecule has 1 aromatic carbocycles. The zero-order valence-corrected chi connectivity index (χ0v) is 13.0. The third-order valence-corrected chi connectivity index (χ3v) is 3.69. The van der Waals surface area contributed by atoms with Crippen LogP contribution in [0.3, 0.4) is 0 Å². The third kappa shape index (κ3) is 4.21. The number of carboxylic acids is 1. The van der Waals surface area contributed by atoms with Gasteiger partial charge in [0.05, 0.1) is 5.92 Å². The normalized spacial score (nSPS) is 18.0. The van der Waals surface area contributed by atoms with E-state index in [1.165, 1.54) is 0 Å². The van der Waals surface area contributed by atoms with Gasteiger partial charge in [0, 0.05) is 31.6 Å². The number of aliphatic carboxylic acids is 1. The zero-order valence-electron chi connectivity index (χ0n) is 13.0. The number of likely N-dealkylation sites (tertiary alicyclic amines) is 1. The summed E-state index contributed by atoms with van der Waals surface area (Å²) in [4.78, 5) is 26.6. The second-order valence-corrected chi connectivity index (χ2v) is 5.77. The number of hydrogen-bond acceptors (Lipinski definition) is 4. The number of likely N-dealkylation sites (N-methyl/N-ethyl adjacent to an activating group) is 1. The van der Waals surface area contributed by atoms with Gasteiger partial charge in [-0.2, -0.15) is 0 Å². The molecular formula is C16H22N2O4. The summed E-state index contributed by atoms with van der Waals surface area (Å²) in [6.07, 6.45) is 0.0823. The van der Waals surface area contributed by atoms with E-state index in [0.29, 0.717) is 13.2 Å². The second kappa shape index (κ2) is 7.26. The van der Waals surface area contributed by atoms with Crippen molar-refractivity contribution in [3.05, 3.63) is 29.8 Å². The quantitative estimate of drug-likeness (QED) is 0.816. The summed E-state index contributed by atoms with van der Waals surface area (Å²) in [5.41, 5.74) is 0.903. The topological polar surface area (TPSA) is 70.1 Å². The number of nitrogens with zero attached hydrogens (tertiary/aromatic N) is 2. The average molecular weight is 306 g/mol. The fraction of sp³-hybridized carbons (Fsp3) is 0.500. The summed E-state index contributed by atoms with van der Waals surface area (Å²) >= 11 is 0. The predicted molar refractivity (Wildman–Crippen MR) is 81.7 cm³/mol. The molecular weight excluding hydrogens is 284 g/mol. The summed E-state index contributed by atoms with van der Waals surface area (Å²) in [5.74, 6) is -0.882. The lowest BCUT2D eigenvalue weighted by Crippen LogP contribution is -2.26. The van der Waals surface area contributed by atoms with Gasteiger partial charge in [-0.15, -0.1) is 0 Å². The van der Waals surface area contributed by atoms with Gasteiger partial charge in [-0.1, -0.05) is 18.2 Å². The van der Waals surface area contributed by atoms with Crippen LogP contribution in [-0.4, -0.2) is 60.6 Å². The van der Waals surface area contributed by atoms with Crippen LogP contribution in [0.1, 0.15) is 12.0 Å². The number of amides is 1. The Hall–Kier alpha value is -2.08. The van der Waals surface area contributed by atoms with Crippen molar-refractivity contribution in [3.8, 4) is 5.75 Å². The van der Waals surface area contributed by atoms with Crippen LogP contribution in [0, 0.1) is 5.92 Å². The van der Waals surface area contributed by atoms with Crippen molar-refractivity contribution in [1.82, 2.24) is 9.80 Å². The van der Waals surface area contributed by atoms with Gasteiger partial charge < -0.3 is 19.6 Å². The first-order chi connectivity index (χ1) is 10.5. The highest BCUT2D eigenvalue weighted by atomic mass is 16.5. The Bertz CT molecular complexity index is 545. The van der Waals surface area contributed by atoms with E-state index in [1.54, 1.807) is 4.90 Å². The van der Waals surface area contributed by atoms with Crippen molar-refractivity contribution in [1.29, 1.82) is 0 Å². The number of carbonyl (C=O) groups excluding carboxylic acids is 1. The fourth-order valence-electron chi connectivity index (χ4n) is 2.41. The smallest absolute Gasteiger partial charge is 0.308 e. The number of hydrogen-bond donors (Lipinski definition) is 1. The second-order valence-electron chi connectivity index (χ2n) is 5.77. The van der Waals surface area contributed by atoms with E-state index >= 15 is 0 Å². The third-order valence-electron chi connectivity index (χ3n) is 3.69. The number of para-hydroxylation sites is 1. The van der Waals surface area contributed by atoms with E-state index in [4.69, 9.17) is 9.84 Å². The molecule has 1 N–H and O–H groups in total. The minimum Gasteiger partial charge on any atom is -0.492 e. The molecule has 1 amide bonds. The van der Waals surface area contributed by atoms with Crippen LogP contribution in [0.15, 0.2) is 24.3 Å². The SMILES string of the molecule is CN(C)CCOc1ccccc1CN1CC(C(=O)O)CC1=O. The van der Waals surface area contributed by atoms with Crippen LogP contribution in [0.4, 0.5) is 0 Å². The van der Waals surface area contributed by atoms with Gasteiger partial charge in [0.15, 0.2) is 0 Å². The summed E-state index contributed by atoms with van der Waals surface area (Å²) in [6, 6.07) is 7.57. The molecule has 0 spiro atoms. The lowest BCUT2D eigenvalue weighted by molar-refractivity contribution is -0.141. The average Bonchev–Trinajstić information content (AvgIpc) is 2.82. The molecule has 1 fully saturated rings. The Morgan fingerprint density at radius 3 is 2.77 bits per heavy atom. The molecule has 22 heavy (non-hydrogen) atoms. The molecule has 1 aromatic rings. The molecule has 1 heterocycles. The molecule has 0 aromatic heterocycles. The molecule has 1 saturated heterocycles. The first-order valence-electron chi connectivity index (χ1n) is 7.33. The first kappa shape index (κ1) is 16.3. The van der Waals surface area contributed by atoms with E-state index < -0.39 is 11.9 Å².